The molecule has 1 heterocycles. The molecule has 7 nitrogen and oxygen atoms in total. The van der Waals surface area contributed by atoms with Crippen molar-refractivity contribution in [3.63, 3.8) is 0 Å². The Morgan fingerprint density at radius 2 is 1.97 bits per heavy atom. The number of methoxy groups -OCH3 is 1. The fourth-order valence-electron chi connectivity index (χ4n) is 3.96. The minimum absolute atomic E-state index is 0.0474. The number of nitrogens with zero attached hydrogens (tertiary/aromatic N) is 3. The quantitative estimate of drug-likeness (QED) is 0.723. The fraction of sp³-hybridized carbons (Fsp3) is 0.522. The Morgan fingerprint density at radius 1 is 1.23 bits per heavy atom. The van der Waals surface area contributed by atoms with Crippen LogP contribution in [0.5, 0.6) is 5.75 Å². The van der Waals surface area contributed by atoms with Gasteiger partial charge in [0.2, 0.25) is 11.9 Å². The number of carbonyl (C=O) groups is 1. The van der Waals surface area contributed by atoms with Crippen LogP contribution in [0.2, 0.25) is 0 Å². The van der Waals surface area contributed by atoms with Crippen LogP contribution in [-0.2, 0) is 4.79 Å². The maximum atomic E-state index is 12.8. The molecule has 2 N–H and O–H groups in total. The molecule has 1 aromatic carbocycles. The maximum absolute atomic E-state index is 12.8. The summed E-state index contributed by atoms with van der Waals surface area (Å²) in [6, 6.07) is 8.08. The Kier molecular flexibility index (Phi) is 7.13. The van der Waals surface area contributed by atoms with Crippen molar-refractivity contribution in [1.29, 1.82) is 0 Å². The van der Waals surface area contributed by atoms with Crippen molar-refractivity contribution in [1.82, 2.24) is 15.3 Å². The van der Waals surface area contributed by atoms with Crippen LogP contribution in [0.1, 0.15) is 49.8 Å². The first-order chi connectivity index (χ1) is 14.4. The van der Waals surface area contributed by atoms with Gasteiger partial charge < -0.3 is 20.3 Å². The van der Waals surface area contributed by atoms with Gasteiger partial charge in [0.25, 0.3) is 0 Å². The molecule has 0 radical (unpaired) electrons. The van der Waals surface area contributed by atoms with Gasteiger partial charge in [-0.3, -0.25) is 4.79 Å². The average molecular weight is 412 g/mol. The van der Waals surface area contributed by atoms with Gasteiger partial charge in [0.05, 0.1) is 13.2 Å². The Balaban J connectivity index is 1.51. The van der Waals surface area contributed by atoms with Gasteiger partial charge in [-0.25, -0.2) is 4.98 Å². The lowest BCUT2D eigenvalue weighted by molar-refractivity contribution is -0.126. The number of benzene rings is 1. The molecule has 162 valence electrons. The van der Waals surface area contributed by atoms with E-state index in [0.717, 1.165) is 48.4 Å². The van der Waals surface area contributed by atoms with Gasteiger partial charge in [0.15, 0.2) is 0 Å². The van der Waals surface area contributed by atoms with Gasteiger partial charge in [-0.2, -0.15) is 4.98 Å². The summed E-state index contributed by atoms with van der Waals surface area (Å²) >= 11 is 0. The molecule has 30 heavy (non-hydrogen) atoms. The van der Waals surface area contributed by atoms with Crippen molar-refractivity contribution in [2.75, 3.05) is 31.4 Å². The van der Waals surface area contributed by atoms with E-state index in [2.05, 4.69) is 20.6 Å². The van der Waals surface area contributed by atoms with E-state index < -0.39 is 0 Å². The molecule has 2 aromatic rings. The van der Waals surface area contributed by atoms with Crippen LogP contribution < -0.4 is 20.3 Å². The van der Waals surface area contributed by atoms with Gasteiger partial charge >= 0.3 is 0 Å². The molecule has 0 bridgehead atoms. The van der Waals surface area contributed by atoms with Gasteiger partial charge in [-0.1, -0.05) is 12.1 Å². The van der Waals surface area contributed by atoms with E-state index in [4.69, 9.17) is 4.74 Å². The van der Waals surface area contributed by atoms with Crippen LogP contribution in [-0.4, -0.2) is 43.1 Å². The molecule has 1 saturated carbocycles. The topological polar surface area (TPSA) is 79.4 Å². The summed E-state index contributed by atoms with van der Waals surface area (Å²) in [5.74, 6) is 2.56. The third kappa shape index (κ3) is 5.40. The molecule has 0 aliphatic heterocycles. The van der Waals surface area contributed by atoms with Gasteiger partial charge in [0, 0.05) is 37.8 Å². The highest BCUT2D eigenvalue weighted by atomic mass is 16.5. The third-order valence-electron chi connectivity index (χ3n) is 5.75. The second-order valence-electron chi connectivity index (χ2n) is 8.29. The van der Waals surface area contributed by atoms with Crippen LogP contribution >= 0.6 is 0 Å². The van der Waals surface area contributed by atoms with Crippen molar-refractivity contribution in [3.8, 4) is 5.75 Å². The number of anilines is 2. The monoisotopic (exact) mass is 411 g/mol. The molecule has 0 spiro atoms. The van der Waals surface area contributed by atoms with Crippen molar-refractivity contribution < 1.29 is 9.53 Å². The molecule has 0 unspecified atom stereocenters. The van der Waals surface area contributed by atoms with Crippen LogP contribution in [0.25, 0.3) is 0 Å². The molecule has 1 fully saturated rings. The molecule has 1 aliphatic rings. The van der Waals surface area contributed by atoms with Gasteiger partial charge in [-0.05, 0) is 57.2 Å². The lowest BCUT2D eigenvalue weighted by Crippen LogP contribution is -2.37. The van der Waals surface area contributed by atoms with Gasteiger partial charge in [0.1, 0.15) is 11.6 Å². The summed E-state index contributed by atoms with van der Waals surface area (Å²) in [5, 5.41) is 6.61. The van der Waals surface area contributed by atoms with E-state index in [9.17, 15) is 4.79 Å². The number of aromatic nitrogens is 2. The highest BCUT2D eigenvalue weighted by Crippen LogP contribution is 2.28. The number of hydrogen-bond donors (Lipinski definition) is 2. The average Bonchev–Trinajstić information content (AvgIpc) is 2.75. The number of aryl methyl sites for hydroxylation is 1. The second-order valence-corrected chi connectivity index (χ2v) is 8.29. The minimum atomic E-state index is -0.0474. The molecule has 3 rings (SSSR count). The number of hydrogen-bond acceptors (Lipinski definition) is 6. The van der Waals surface area contributed by atoms with Gasteiger partial charge in [-0.15, -0.1) is 0 Å². The number of rotatable bonds is 7. The molecule has 1 atom stereocenters. The molecule has 1 amide bonds. The molecule has 7 heteroatoms. The second kappa shape index (κ2) is 9.78. The molecular weight excluding hydrogens is 378 g/mol. The standard InChI is InChI=1S/C23H33N5O2/c1-15-14-24-23(27-21(15)28(3)4)26-19-11-9-17(10-12-19)22(29)25-16(2)18-7-6-8-20(13-18)30-5/h6-8,13-14,16-17,19H,9-12H2,1-5H3,(H,25,29)(H,24,26,27)/t16-,17?,19?/m1/s1. The normalized spacial score (nSPS) is 19.6. The summed E-state index contributed by atoms with van der Waals surface area (Å²) in [6.07, 6.45) is 5.44. The zero-order valence-electron chi connectivity index (χ0n) is 18.6. The lowest BCUT2D eigenvalue weighted by atomic mass is 9.85. The summed E-state index contributed by atoms with van der Waals surface area (Å²) in [6.45, 7) is 4.02. The zero-order valence-corrected chi connectivity index (χ0v) is 18.6. The van der Waals surface area contributed by atoms with E-state index in [-0.39, 0.29) is 17.9 Å². The van der Waals surface area contributed by atoms with Crippen molar-refractivity contribution in [3.05, 3.63) is 41.6 Å². The molecule has 0 saturated heterocycles. The van der Waals surface area contributed by atoms with Crippen molar-refractivity contribution in [2.24, 2.45) is 5.92 Å². The van der Waals surface area contributed by atoms with E-state index >= 15 is 0 Å². The summed E-state index contributed by atoms with van der Waals surface area (Å²) in [5.41, 5.74) is 2.10. The van der Waals surface area contributed by atoms with Crippen LogP contribution in [0.3, 0.4) is 0 Å². The Bertz CT molecular complexity index is 862. The van der Waals surface area contributed by atoms with E-state index in [0.29, 0.717) is 12.0 Å². The third-order valence-corrected chi connectivity index (χ3v) is 5.75. The summed E-state index contributed by atoms with van der Waals surface area (Å²) in [4.78, 5) is 23.8. The first-order valence-corrected chi connectivity index (χ1v) is 10.6. The summed E-state index contributed by atoms with van der Waals surface area (Å²) in [7, 11) is 5.61. The highest BCUT2D eigenvalue weighted by molar-refractivity contribution is 5.79. The number of amides is 1. The first-order valence-electron chi connectivity index (χ1n) is 10.6. The summed E-state index contributed by atoms with van der Waals surface area (Å²) < 4.78 is 5.28. The predicted molar refractivity (Wildman–Crippen MR) is 120 cm³/mol. The maximum Gasteiger partial charge on any atom is 0.224 e. The Hall–Kier alpha value is -2.83. The molecule has 1 aliphatic carbocycles. The molecule has 1 aromatic heterocycles. The number of carbonyl (C=O) groups excluding carboxylic acids is 1. The lowest BCUT2D eigenvalue weighted by Gasteiger charge is -2.29. The van der Waals surface area contributed by atoms with Crippen LogP contribution in [0.4, 0.5) is 11.8 Å². The first kappa shape index (κ1) is 21.9. The van der Waals surface area contributed by atoms with Crippen LogP contribution in [0.15, 0.2) is 30.5 Å². The van der Waals surface area contributed by atoms with E-state index in [1.165, 1.54) is 0 Å². The van der Waals surface area contributed by atoms with E-state index in [1.807, 2.05) is 63.3 Å². The largest absolute Gasteiger partial charge is 0.497 e. The number of nitrogens with one attached hydrogen (secondary N) is 2. The minimum Gasteiger partial charge on any atom is -0.497 e. The van der Waals surface area contributed by atoms with Crippen molar-refractivity contribution >= 4 is 17.7 Å². The Labute approximate surface area is 179 Å². The highest BCUT2D eigenvalue weighted by Gasteiger charge is 2.27. The number of ether oxygens (including phenoxy) is 1. The smallest absolute Gasteiger partial charge is 0.224 e. The van der Waals surface area contributed by atoms with Crippen LogP contribution in [0, 0.1) is 12.8 Å². The van der Waals surface area contributed by atoms with E-state index in [1.54, 1.807) is 7.11 Å². The molecular formula is C23H33N5O2. The van der Waals surface area contributed by atoms with Crippen molar-refractivity contribution in [2.45, 2.75) is 51.6 Å². The predicted octanol–water partition coefficient (Wildman–Crippen LogP) is 3.71. The fourth-order valence-corrected chi connectivity index (χ4v) is 3.96. The Morgan fingerprint density at radius 3 is 2.63 bits per heavy atom. The SMILES string of the molecule is COc1cccc([C@@H](C)NC(=O)C2CCC(Nc3ncc(C)c(N(C)C)n3)CC2)c1. The zero-order chi connectivity index (χ0) is 21.7.